The van der Waals surface area contributed by atoms with Gasteiger partial charge in [0.2, 0.25) is 0 Å². The van der Waals surface area contributed by atoms with Gasteiger partial charge in [-0.15, -0.1) is 11.6 Å². The number of benzene rings is 1. The number of hydrogen-bond acceptors (Lipinski definition) is 3. The summed E-state index contributed by atoms with van der Waals surface area (Å²) in [6.45, 7) is 0. The van der Waals surface area contributed by atoms with Gasteiger partial charge in [-0.1, -0.05) is 18.2 Å². The number of nitrogens with zero attached hydrogens (tertiary/aromatic N) is 1. The Morgan fingerprint density at radius 2 is 1.94 bits per heavy atom. The minimum absolute atomic E-state index is 0.143. The molecule has 0 aliphatic heterocycles. The summed E-state index contributed by atoms with van der Waals surface area (Å²) in [5.41, 5.74) is 0.984. The van der Waals surface area contributed by atoms with E-state index in [9.17, 15) is 8.42 Å². The van der Waals surface area contributed by atoms with Crippen molar-refractivity contribution >= 4 is 27.3 Å². The first-order valence-electron chi connectivity index (χ1n) is 5.20. The summed E-state index contributed by atoms with van der Waals surface area (Å²) in [7, 11) is -3.63. The predicted octanol–water partition coefficient (Wildman–Crippen LogP) is 2.62. The molecular formula is C12H11ClN2O2S. The van der Waals surface area contributed by atoms with Crippen LogP contribution in [0.25, 0.3) is 0 Å². The van der Waals surface area contributed by atoms with Gasteiger partial charge in [-0.2, -0.15) is 0 Å². The molecule has 0 unspecified atom stereocenters. The molecule has 94 valence electrons. The van der Waals surface area contributed by atoms with E-state index in [1.54, 1.807) is 36.5 Å². The molecular weight excluding hydrogens is 272 g/mol. The second-order valence-corrected chi connectivity index (χ2v) is 5.51. The number of nitrogens with one attached hydrogen (secondary N) is 1. The standard InChI is InChI=1S/C12H11ClN2O2S/c13-8-10-4-1-2-6-12(10)18(16,17)15-11-5-3-7-14-9-11/h1-7,9,15H,8H2. The number of alkyl halides is 1. The number of sulfonamides is 1. The SMILES string of the molecule is O=S(=O)(Nc1cccnc1)c1ccccc1CCl. The number of rotatable bonds is 4. The number of anilines is 1. The van der Waals surface area contributed by atoms with Crippen molar-refractivity contribution in [1.82, 2.24) is 4.98 Å². The molecule has 4 nitrogen and oxygen atoms in total. The topological polar surface area (TPSA) is 59.1 Å². The van der Waals surface area contributed by atoms with Crippen LogP contribution in [0.1, 0.15) is 5.56 Å². The lowest BCUT2D eigenvalue weighted by atomic mass is 10.2. The minimum Gasteiger partial charge on any atom is -0.278 e. The van der Waals surface area contributed by atoms with Crippen LogP contribution >= 0.6 is 11.6 Å². The van der Waals surface area contributed by atoms with E-state index in [4.69, 9.17) is 11.6 Å². The summed E-state index contributed by atoms with van der Waals surface area (Å²) in [5.74, 6) is 0.143. The maximum absolute atomic E-state index is 12.2. The molecule has 1 aromatic heterocycles. The lowest BCUT2D eigenvalue weighted by Crippen LogP contribution is -2.14. The third-order valence-electron chi connectivity index (χ3n) is 2.32. The molecule has 0 aliphatic carbocycles. The van der Waals surface area contributed by atoms with Crippen molar-refractivity contribution in [3.8, 4) is 0 Å². The molecule has 6 heteroatoms. The molecule has 0 aliphatic rings. The van der Waals surface area contributed by atoms with E-state index in [0.29, 0.717) is 11.3 Å². The van der Waals surface area contributed by atoms with Crippen molar-refractivity contribution in [3.63, 3.8) is 0 Å². The molecule has 2 aromatic rings. The Labute approximate surface area is 111 Å². The molecule has 0 spiro atoms. The number of hydrogen-bond donors (Lipinski definition) is 1. The molecule has 18 heavy (non-hydrogen) atoms. The van der Waals surface area contributed by atoms with Crippen molar-refractivity contribution < 1.29 is 8.42 Å². The highest BCUT2D eigenvalue weighted by Crippen LogP contribution is 2.20. The van der Waals surface area contributed by atoms with E-state index in [2.05, 4.69) is 9.71 Å². The summed E-state index contributed by atoms with van der Waals surface area (Å²) in [5, 5.41) is 0. The van der Waals surface area contributed by atoms with Gasteiger partial charge in [0, 0.05) is 12.1 Å². The zero-order valence-corrected chi connectivity index (χ0v) is 10.9. The minimum atomic E-state index is -3.63. The van der Waals surface area contributed by atoms with E-state index in [1.165, 1.54) is 12.3 Å². The van der Waals surface area contributed by atoms with Crippen LogP contribution in [0.5, 0.6) is 0 Å². The Hall–Kier alpha value is -1.59. The Balaban J connectivity index is 2.37. The largest absolute Gasteiger partial charge is 0.278 e. The van der Waals surface area contributed by atoms with Crippen LogP contribution in [0.15, 0.2) is 53.7 Å². The van der Waals surface area contributed by atoms with Gasteiger partial charge in [-0.25, -0.2) is 8.42 Å². The van der Waals surface area contributed by atoms with E-state index in [1.807, 2.05) is 0 Å². The maximum atomic E-state index is 12.2. The average molecular weight is 283 g/mol. The third-order valence-corrected chi connectivity index (χ3v) is 4.09. The second kappa shape index (κ2) is 5.37. The fraction of sp³-hybridized carbons (Fsp3) is 0.0833. The quantitative estimate of drug-likeness (QED) is 0.877. The lowest BCUT2D eigenvalue weighted by Gasteiger charge is -2.10. The number of pyridine rings is 1. The fourth-order valence-corrected chi connectivity index (χ4v) is 3.11. The predicted molar refractivity (Wildman–Crippen MR) is 71.0 cm³/mol. The molecule has 0 saturated heterocycles. The Kier molecular flexibility index (Phi) is 3.84. The zero-order valence-electron chi connectivity index (χ0n) is 9.38. The summed E-state index contributed by atoms with van der Waals surface area (Å²) in [6, 6.07) is 9.91. The smallest absolute Gasteiger partial charge is 0.262 e. The van der Waals surface area contributed by atoms with Gasteiger partial charge in [0.15, 0.2) is 0 Å². The molecule has 2 rings (SSSR count). The van der Waals surface area contributed by atoms with Gasteiger partial charge in [0.1, 0.15) is 0 Å². The van der Waals surface area contributed by atoms with E-state index in [-0.39, 0.29) is 10.8 Å². The molecule has 0 saturated carbocycles. The van der Waals surface area contributed by atoms with Crippen LogP contribution in [0.2, 0.25) is 0 Å². The highest BCUT2D eigenvalue weighted by Gasteiger charge is 2.17. The van der Waals surface area contributed by atoms with Gasteiger partial charge in [0.05, 0.1) is 16.8 Å². The Morgan fingerprint density at radius 3 is 2.61 bits per heavy atom. The Bertz CT molecular complexity index is 630. The van der Waals surface area contributed by atoms with Crippen LogP contribution in [0, 0.1) is 0 Å². The van der Waals surface area contributed by atoms with E-state index < -0.39 is 10.0 Å². The molecule has 1 heterocycles. The fourth-order valence-electron chi connectivity index (χ4n) is 1.51. The Morgan fingerprint density at radius 1 is 1.17 bits per heavy atom. The zero-order chi connectivity index (χ0) is 13.0. The van der Waals surface area contributed by atoms with Crippen LogP contribution < -0.4 is 4.72 Å². The highest BCUT2D eigenvalue weighted by molar-refractivity contribution is 7.92. The molecule has 0 amide bonds. The van der Waals surface area contributed by atoms with Crippen LogP contribution in [-0.2, 0) is 15.9 Å². The van der Waals surface area contributed by atoms with Gasteiger partial charge >= 0.3 is 0 Å². The van der Waals surface area contributed by atoms with Gasteiger partial charge in [-0.3, -0.25) is 9.71 Å². The van der Waals surface area contributed by atoms with Gasteiger partial charge in [-0.05, 0) is 23.8 Å². The summed E-state index contributed by atoms with van der Waals surface area (Å²) >= 11 is 5.74. The molecule has 1 N–H and O–H groups in total. The van der Waals surface area contributed by atoms with Crippen molar-refractivity contribution in [3.05, 3.63) is 54.4 Å². The van der Waals surface area contributed by atoms with E-state index in [0.717, 1.165) is 0 Å². The maximum Gasteiger partial charge on any atom is 0.262 e. The summed E-state index contributed by atoms with van der Waals surface area (Å²) in [4.78, 5) is 4.04. The van der Waals surface area contributed by atoms with Crippen molar-refractivity contribution in [2.75, 3.05) is 4.72 Å². The molecule has 0 atom stereocenters. The van der Waals surface area contributed by atoms with Crippen molar-refractivity contribution in [2.45, 2.75) is 10.8 Å². The number of aromatic nitrogens is 1. The third kappa shape index (κ3) is 2.80. The van der Waals surface area contributed by atoms with Gasteiger partial charge in [0.25, 0.3) is 10.0 Å². The van der Waals surface area contributed by atoms with Crippen molar-refractivity contribution in [1.29, 1.82) is 0 Å². The van der Waals surface area contributed by atoms with Crippen LogP contribution in [-0.4, -0.2) is 13.4 Å². The summed E-state index contributed by atoms with van der Waals surface area (Å²) in [6.07, 6.45) is 3.02. The summed E-state index contributed by atoms with van der Waals surface area (Å²) < 4.78 is 26.8. The van der Waals surface area contributed by atoms with Gasteiger partial charge < -0.3 is 0 Å². The molecule has 0 radical (unpaired) electrons. The molecule has 1 aromatic carbocycles. The van der Waals surface area contributed by atoms with Crippen molar-refractivity contribution in [2.24, 2.45) is 0 Å². The van der Waals surface area contributed by atoms with E-state index >= 15 is 0 Å². The normalized spacial score (nSPS) is 11.2. The monoisotopic (exact) mass is 282 g/mol. The lowest BCUT2D eigenvalue weighted by molar-refractivity contribution is 0.600. The first kappa shape index (κ1) is 12.9. The average Bonchev–Trinajstić information content (AvgIpc) is 2.39. The van der Waals surface area contributed by atoms with Crippen LogP contribution in [0.4, 0.5) is 5.69 Å². The number of halogens is 1. The second-order valence-electron chi connectivity index (χ2n) is 3.59. The molecule has 0 fully saturated rings. The van der Waals surface area contributed by atoms with Crippen LogP contribution in [0.3, 0.4) is 0 Å². The highest BCUT2D eigenvalue weighted by atomic mass is 35.5. The molecule has 0 bridgehead atoms. The first-order chi connectivity index (χ1) is 8.63. The first-order valence-corrected chi connectivity index (χ1v) is 7.22.